The van der Waals surface area contributed by atoms with Crippen LogP contribution in [0.2, 0.25) is 0 Å². The Balaban J connectivity index is 2.22. The summed E-state index contributed by atoms with van der Waals surface area (Å²) in [5.74, 6) is 1.41. The van der Waals surface area contributed by atoms with Gasteiger partial charge in [0.15, 0.2) is 0 Å². The molecule has 0 bridgehead atoms. The molecule has 0 aliphatic rings. The van der Waals surface area contributed by atoms with Crippen LogP contribution in [0.15, 0.2) is 30.6 Å². The number of imidazole rings is 1. The Labute approximate surface area is 102 Å². The Kier molecular flexibility index (Phi) is 3.47. The molecule has 1 aromatic heterocycles. The van der Waals surface area contributed by atoms with Gasteiger partial charge in [0.05, 0.1) is 0 Å². The number of benzene rings is 1. The number of aromatic nitrogens is 2. The van der Waals surface area contributed by atoms with E-state index in [-0.39, 0.29) is 0 Å². The molecule has 3 heteroatoms. The largest absolute Gasteiger partial charge is 0.508 e. The van der Waals surface area contributed by atoms with E-state index in [9.17, 15) is 5.11 Å². The molecule has 0 spiro atoms. The zero-order valence-corrected chi connectivity index (χ0v) is 10.3. The highest BCUT2D eigenvalue weighted by atomic mass is 16.3. The fourth-order valence-electron chi connectivity index (χ4n) is 2.00. The summed E-state index contributed by atoms with van der Waals surface area (Å²) < 4.78 is 2.19. The minimum atomic E-state index is 0.322. The third-order valence-electron chi connectivity index (χ3n) is 2.94. The van der Waals surface area contributed by atoms with Gasteiger partial charge in [0.1, 0.15) is 11.6 Å². The molecule has 2 rings (SSSR count). The third kappa shape index (κ3) is 2.67. The molecule has 0 unspecified atom stereocenters. The monoisotopic (exact) mass is 230 g/mol. The highest BCUT2D eigenvalue weighted by Crippen LogP contribution is 2.18. The second-order valence-corrected chi connectivity index (χ2v) is 4.32. The molecular weight excluding hydrogens is 212 g/mol. The average molecular weight is 230 g/mol. The Morgan fingerprint density at radius 3 is 2.88 bits per heavy atom. The first kappa shape index (κ1) is 11.7. The Morgan fingerprint density at radius 1 is 1.35 bits per heavy atom. The van der Waals surface area contributed by atoms with Crippen molar-refractivity contribution < 1.29 is 5.11 Å². The molecule has 0 aliphatic heterocycles. The van der Waals surface area contributed by atoms with E-state index in [0.29, 0.717) is 5.75 Å². The standard InChI is InChI=1S/C14H18N2O/c1-3-7-16-8-6-15-14(16)10-12-4-5-13(17)9-11(12)2/h4-6,8-9,17H,3,7,10H2,1-2H3. The third-order valence-corrected chi connectivity index (χ3v) is 2.94. The van der Waals surface area contributed by atoms with Crippen molar-refractivity contribution in [3.05, 3.63) is 47.5 Å². The van der Waals surface area contributed by atoms with Crippen LogP contribution in [0.4, 0.5) is 0 Å². The van der Waals surface area contributed by atoms with Crippen LogP contribution in [0.3, 0.4) is 0 Å². The van der Waals surface area contributed by atoms with E-state index in [0.717, 1.165) is 30.8 Å². The first-order chi connectivity index (χ1) is 8.20. The van der Waals surface area contributed by atoms with Crippen LogP contribution in [0.1, 0.15) is 30.3 Å². The lowest BCUT2D eigenvalue weighted by atomic mass is 10.1. The molecule has 0 saturated carbocycles. The van der Waals surface area contributed by atoms with E-state index in [1.807, 2.05) is 25.4 Å². The molecule has 1 N–H and O–H groups in total. The summed E-state index contributed by atoms with van der Waals surface area (Å²) in [4.78, 5) is 4.39. The molecule has 17 heavy (non-hydrogen) atoms. The summed E-state index contributed by atoms with van der Waals surface area (Å²) >= 11 is 0. The van der Waals surface area contributed by atoms with Crippen molar-refractivity contribution in [3.8, 4) is 5.75 Å². The molecule has 2 aromatic rings. The highest BCUT2D eigenvalue weighted by molar-refractivity contribution is 5.35. The number of aryl methyl sites for hydroxylation is 2. The molecule has 1 aromatic carbocycles. The van der Waals surface area contributed by atoms with Crippen molar-refractivity contribution in [2.24, 2.45) is 0 Å². The van der Waals surface area contributed by atoms with Crippen molar-refractivity contribution in [1.82, 2.24) is 9.55 Å². The van der Waals surface area contributed by atoms with Crippen LogP contribution < -0.4 is 0 Å². The van der Waals surface area contributed by atoms with Crippen LogP contribution in [0, 0.1) is 6.92 Å². The van der Waals surface area contributed by atoms with Gasteiger partial charge in [-0.25, -0.2) is 4.98 Å². The molecule has 1 heterocycles. The van der Waals surface area contributed by atoms with Gasteiger partial charge in [-0.05, 0) is 36.6 Å². The Hall–Kier alpha value is -1.77. The summed E-state index contributed by atoms with van der Waals surface area (Å²) in [5, 5.41) is 9.38. The maximum atomic E-state index is 9.38. The van der Waals surface area contributed by atoms with Crippen LogP contribution in [0.5, 0.6) is 5.75 Å². The topological polar surface area (TPSA) is 38.0 Å². The molecule has 0 amide bonds. The second-order valence-electron chi connectivity index (χ2n) is 4.32. The van der Waals surface area contributed by atoms with E-state index in [1.165, 1.54) is 5.56 Å². The number of phenols is 1. The minimum Gasteiger partial charge on any atom is -0.508 e. The van der Waals surface area contributed by atoms with E-state index >= 15 is 0 Å². The maximum Gasteiger partial charge on any atom is 0.115 e. The van der Waals surface area contributed by atoms with Crippen molar-refractivity contribution in [1.29, 1.82) is 0 Å². The van der Waals surface area contributed by atoms with Gasteiger partial charge in [-0.1, -0.05) is 13.0 Å². The molecule has 0 radical (unpaired) electrons. The summed E-state index contributed by atoms with van der Waals surface area (Å²) in [5.41, 5.74) is 2.32. The van der Waals surface area contributed by atoms with Crippen molar-refractivity contribution in [2.75, 3.05) is 0 Å². The normalized spacial score (nSPS) is 10.7. The first-order valence-electron chi connectivity index (χ1n) is 5.99. The summed E-state index contributed by atoms with van der Waals surface area (Å²) in [6, 6.07) is 5.49. The minimum absolute atomic E-state index is 0.322. The lowest BCUT2D eigenvalue weighted by Crippen LogP contribution is -2.04. The van der Waals surface area contributed by atoms with Crippen LogP contribution in [-0.4, -0.2) is 14.7 Å². The molecule has 0 aliphatic carbocycles. The fourth-order valence-corrected chi connectivity index (χ4v) is 2.00. The molecule has 0 saturated heterocycles. The Morgan fingerprint density at radius 2 is 2.18 bits per heavy atom. The number of nitrogens with zero attached hydrogens (tertiary/aromatic N) is 2. The molecule has 90 valence electrons. The van der Waals surface area contributed by atoms with Crippen LogP contribution in [0.25, 0.3) is 0 Å². The fraction of sp³-hybridized carbons (Fsp3) is 0.357. The number of aromatic hydroxyl groups is 1. The summed E-state index contributed by atoms with van der Waals surface area (Å²) in [7, 11) is 0. The van der Waals surface area contributed by atoms with Gasteiger partial charge in [-0.2, -0.15) is 0 Å². The first-order valence-corrected chi connectivity index (χ1v) is 5.99. The predicted octanol–water partition coefficient (Wildman–Crippen LogP) is 2.90. The maximum absolute atomic E-state index is 9.38. The lowest BCUT2D eigenvalue weighted by Gasteiger charge is -2.08. The van der Waals surface area contributed by atoms with Gasteiger partial charge in [0, 0.05) is 25.4 Å². The van der Waals surface area contributed by atoms with E-state index in [1.54, 1.807) is 12.1 Å². The second kappa shape index (κ2) is 5.04. The van der Waals surface area contributed by atoms with E-state index in [4.69, 9.17) is 0 Å². The summed E-state index contributed by atoms with van der Waals surface area (Å²) in [6.45, 7) is 5.18. The van der Waals surface area contributed by atoms with Crippen molar-refractivity contribution in [3.63, 3.8) is 0 Å². The molecule has 0 atom stereocenters. The van der Waals surface area contributed by atoms with Gasteiger partial charge < -0.3 is 9.67 Å². The van der Waals surface area contributed by atoms with Crippen LogP contribution in [-0.2, 0) is 13.0 Å². The number of hydrogen-bond acceptors (Lipinski definition) is 2. The summed E-state index contributed by atoms with van der Waals surface area (Å²) in [6.07, 6.45) is 5.80. The lowest BCUT2D eigenvalue weighted by molar-refractivity contribution is 0.474. The SMILES string of the molecule is CCCn1ccnc1Cc1ccc(O)cc1C. The zero-order chi connectivity index (χ0) is 12.3. The molecule has 0 fully saturated rings. The number of phenolic OH excluding ortho intramolecular Hbond substituents is 1. The average Bonchev–Trinajstić information content (AvgIpc) is 2.71. The van der Waals surface area contributed by atoms with Crippen molar-refractivity contribution >= 4 is 0 Å². The van der Waals surface area contributed by atoms with Gasteiger partial charge in [0.2, 0.25) is 0 Å². The zero-order valence-electron chi connectivity index (χ0n) is 10.3. The van der Waals surface area contributed by atoms with Crippen molar-refractivity contribution in [2.45, 2.75) is 33.2 Å². The van der Waals surface area contributed by atoms with Gasteiger partial charge >= 0.3 is 0 Å². The Bertz CT molecular complexity index is 503. The molecular formula is C14H18N2O. The predicted molar refractivity (Wildman–Crippen MR) is 68.2 cm³/mol. The number of hydrogen-bond donors (Lipinski definition) is 1. The van der Waals surface area contributed by atoms with E-state index < -0.39 is 0 Å². The van der Waals surface area contributed by atoms with E-state index in [2.05, 4.69) is 16.5 Å². The van der Waals surface area contributed by atoms with Crippen LogP contribution >= 0.6 is 0 Å². The quantitative estimate of drug-likeness (QED) is 0.877. The van der Waals surface area contributed by atoms with Gasteiger partial charge in [0.25, 0.3) is 0 Å². The van der Waals surface area contributed by atoms with Gasteiger partial charge in [-0.15, -0.1) is 0 Å². The number of rotatable bonds is 4. The molecule has 3 nitrogen and oxygen atoms in total. The smallest absolute Gasteiger partial charge is 0.115 e. The van der Waals surface area contributed by atoms with Gasteiger partial charge in [-0.3, -0.25) is 0 Å². The highest BCUT2D eigenvalue weighted by Gasteiger charge is 2.06.